The molecule has 31 heavy (non-hydrogen) atoms. The zero-order chi connectivity index (χ0) is 22.3. The van der Waals surface area contributed by atoms with E-state index in [1.54, 1.807) is 7.11 Å². The van der Waals surface area contributed by atoms with Crippen LogP contribution in [0.3, 0.4) is 0 Å². The molecule has 164 valence electrons. The first kappa shape index (κ1) is 21.7. The molecule has 2 aromatic carbocycles. The van der Waals surface area contributed by atoms with Crippen molar-refractivity contribution >= 4 is 44.3 Å². The molecule has 0 bridgehead atoms. The monoisotopic (exact) mass is 440 g/mol. The summed E-state index contributed by atoms with van der Waals surface area (Å²) in [6.45, 7) is 3.00. The van der Waals surface area contributed by atoms with Gasteiger partial charge in [0.1, 0.15) is 5.75 Å². The number of methoxy groups -OCH3 is 1. The highest BCUT2D eigenvalue weighted by atomic mass is 35.5. The molecule has 0 atom stereocenters. The minimum absolute atomic E-state index is 0.0189. The van der Waals surface area contributed by atoms with Gasteiger partial charge in [-0.1, -0.05) is 11.6 Å². The molecule has 0 aliphatic carbocycles. The third-order valence-corrected chi connectivity index (χ3v) is 6.01. The Morgan fingerprint density at radius 1 is 0.871 bits per heavy atom. The van der Waals surface area contributed by atoms with Crippen molar-refractivity contribution in [3.05, 3.63) is 51.8 Å². The molecule has 0 fully saturated rings. The van der Waals surface area contributed by atoms with Crippen molar-refractivity contribution < 1.29 is 4.74 Å². The highest BCUT2D eigenvalue weighted by Gasteiger charge is 2.20. The maximum Gasteiger partial charge on any atom is 0.261 e. The lowest BCUT2D eigenvalue weighted by atomic mass is 10.1. The Morgan fingerprint density at radius 3 is 2.13 bits per heavy atom. The maximum absolute atomic E-state index is 13.8. The summed E-state index contributed by atoms with van der Waals surface area (Å²) >= 11 is 6.36. The van der Waals surface area contributed by atoms with E-state index in [1.165, 1.54) is 0 Å². The van der Waals surface area contributed by atoms with Gasteiger partial charge in [-0.05, 0) is 64.6 Å². The summed E-state index contributed by atoms with van der Waals surface area (Å²) in [6, 6.07) is 11.8. The number of pyridine rings is 1. The van der Waals surface area contributed by atoms with Crippen LogP contribution in [0.5, 0.6) is 5.75 Å². The van der Waals surface area contributed by atoms with E-state index in [0.29, 0.717) is 11.6 Å². The number of hydrogen-bond donors (Lipinski definition) is 0. The molecular formula is C24H29ClN4O2. The predicted molar refractivity (Wildman–Crippen MR) is 130 cm³/mol. The van der Waals surface area contributed by atoms with Crippen molar-refractivity contribution in [3.63, 3.8) is 0 Å². The third-order valence-electron chi connectivity index (χ3n) is 5.78. The molecule has 0 amide bonds. The fourth-order valence-corrected chi connectivity index (χ4v) is 4.36. The number of ether oxygens (including phenoxy) is 1. The first-order chi connectivity index (χ1) is 14.8. The van der Waals surface area contributed by atoms with Crippen LogP contribution in [0.4, 0.5) is 0 Å². The number of fused-ring (bicyclic) bond motifs is 5. The summed E-state index contributed by atoms with van der Waals surface area (Å²) in [7, 11) is 9.81. The van der Waals surface area contributed by atoms with Gasteiger partial charge in [0, 0.05) is 47.5 Å². The Balaban J connectivity index is 2.17. The Hall–Kier alpha value is -2.54. The van der Waals surface area contributed by atoms with Crippen molar-refractivity contribution in [1.29, 1.82) is 0 Å². The normalized spacial score (nSPS) is 12.1. The predicted octanol–water partition coefficient (Wildman–Crippen LogP) is 3.89. The van der Waals surface area contributed by atoms with Gasteiger partial charge in [0.25, 0.3) is 5.56 Å². The third kappa shape index (κ3) is 3.91. The van der Waals surface area contributed by atoms with Gasteiger partial charge in [0.05, 0.1) is 23.5 Å². The van der Waals surface area contributed by atoms with Crippen molar-refractivity contribution in [3.8, 4) is 5.75 Å². The molecule has 7 heteroatoms. The van der Waals surface area contributed by atoms with Crippen LogP contribution in [-0.4, -0.2) is 67.3 Å². The molecule has 0 saturated carbocycles. The summed E-state index contributed by atoms with van der Waals surface area (Å²) in [5.41, 5.74) is 2.90. The van der Waals surface area contributed by atoms with E-state index < -0.39 is 0 Å². The summed E-state index contributed by atoms with van der Waals surface area (Å²) in [5, 5.41) is 3.26. The molecule has 0 saturated heterocycles. The lowest BCUT2D eigenvalue weighted by Gasteiger charge is -2.17. The molecule has 2 heterocycles. The van der Waals surface area contributed by atoms with Crippen LogP contribution >= 0.6 is 11.6 Å². The molecule has 0 unspecified atom stereocenters. The van der Waals surface area contributed by atoms with E-state index >= 15 is 0 Å². The molecule has 6 nitrogen and oxygen atoms in total. The Morgan fingerprint density at radius 2 is 1.48 bits per heavy atom. The van der Waals surface area contributed by atoms with Gasteiger partial charge in [0.2, 0.25) is 0 Å². The van der Waals surface area contributed by atoms with Crippen LogP contribution in [0.15, 0.2) is 41.2 Å². The Kier molecular flexibility index (Phi) is 5.97. The van der Waals surface area contributed by atoms with Gasteiger partial charge < -0.3 is 23.7 Å². The summed E-state index contributed by atoms with van der Waals surface area (Å²) in [4.78, 5) is 18.1. The van der Waals surface area contributed by atoms with Crippen LogP contribution in [0.2, 0.25) is 5.02 Å². The minimum atomic E-state index is 0.0189. The van der Waals surface area contributed by atoms with Crippen LogP contribution in [-0.2, 0) is 13.1 Å². The second-order valence-corrected chi connectivity index (χ2v) is 8.92. The van der Waals surface area contributed by atoms with Crippen molar-refractivity contribution in [2.24, 2.45) is 0 Å². The van der Waals surface area contributed by atoms with Gasteiger partial charge in [-0.15, -0.1) is 0 Å². The van der Waals surface area contributed by atoms with E-state index in [-0.39, 0.29) is 5.56 Å². The van der Waals surface area contributed by atoms with Gasteiger partial charge in [-0.25, -0.2) is 0 Å². The van der Waals surface area contributed by atoms with E-state index in [9.17, 15) is 4.79 Å². The first-order valence-electron chi connectivity index (χ1n) is 10.4. The molecule has 4 aromatic rings. The average molecular weight is 441 g/mol. The largest absolute Gasteiger partial charge is 0.497 e. The summed E-state index contributed by atoms with van der Waals surface area (Å²) < 4.78 is 9.67. The number of hydrogen-bond acceptors (Lipinski definition) is 4. The molecule has 0 aliphatic heterocycles. The van der Waals surface area contributed by atoms with Gasteiger partial charge in [0.15, 0.2) is 0 Å². The standard InChI is InChI=1S/C24H29ClN4O2/c1-26(2)10-12-28-20-8-6-16(25)14-18(20)22-23(28)19-15-17(31-5)7-9-21(19)29(24(22)30)13-11-27(3)4/h6-9,14-15H,10-13H2,1-5H3. The minimum Gasteiger partial charge on any atom is -0.497 e. The number of benzene rings is 2. The molecule has 0 N–H and O–H groups in total. The van der Waals surface area contributed by atoms with Crippen molar-refractivity contribution in [2.75, 3.05) is 48.4 Å². The zero-order valence-electron chi connectivity index (χ0n) is 18.8. The van der Waals surface area contributed by atoms with Crippen molar-refractivity contribution in [2.45, 2.75) is 13.1 Å². The summed E-state index contributed by atoms with van der Waals surface area (Å²) in [5.74, 6) is 0.772. The van der Waals surface area contributed by atoms with Crippen LogP contribution in [0, 0.1) is 0 Å². The topological polar surface area (TPSA) is 42.6 Å². The quantitative estimate of drug-likeness (QED) is 0.437. The second-order valence-electron chi connectivity index (χ2n) is 8.48. The summed E-state index contributed by atoms with van der Waals surface area (Å²) in [6.07, 6.45) is 0. The van der Waals surface area contributed by atoms with Gasteiger partial charge in [-0.2, -0.15) is 0 Å². The average Bonchev–Trinajstić information content (AvgIpc) is 3.05. The molecule has 0 aliphatic rings. The highest BCUT2D eigenvalue weighted by Crippen LogP contribution is 2.35. The molecule has 0 spiro atoms. The van der Waals surface area contributed by atoms with E-state index in [2.05, 4.69) is 28.5 Å². The maximum atomic E-state index is 13.8. The fraction of sp³-hybridized carbons (Fsp3) is 0.375. The molecule has 4 rings (SSSR count). The van der Waals surface area contributed by atoms with Crippen LogP contribution in [0.25, 0.3) is 32.7 Å². The SMILES string of the molecule is COc1ccc2c(c1)c1c(c(=O)n2CCN(C)C)c2cc(Cl)ccc2n1CCN(C)C. The molecule has 0 radical (unpaired) electrons. The van der Waals surface area contributed by atoms with Crippen molar-refractivity contribution in [1.82, 2.24) is 18.9 Å². The smallest absolute Gasteiger partial charge is 0.261 e. The first-order valence-corrected chi connectivity index (χ1v) is 10.8. The lowest BCUT2D eigenvalue weighted by molar-refractivity contribution is 0.384. The highest BCUT2D eigenvalue weighted by molar-refractivity contribution is 6.32. The van der Waals surface area contributed by atoms with E-state index in [0.717, 1.165) is 58.1 Å². The number of halogens is 1. The van der Waals surface area contributed by atoms with E-state index in [1.807, 2.05) is 55.1 Å². The second kappa shape index (κ2) is 8.54. The number of aromatic nitrogens is 2. The zero-order valence-corrected chi connectivity index (χ0v) is 19.5. The Bertz CT molecular complexity index is 1320. The van der Waals surface area contributed by atoms with Gasteiger partial charge in [-0.3, -0.25) is 4.79 Å². The number of nitrogens with zero attached hydrogens (tertiary/aromatic N) is 4. The number of likely N-dealkylation sites (N-methyl/N-ethyl adjacent to an activating group) is 2. The Labute approximate surface area is 187 Å². The fourth-order valence-electron chi connectivity index (χ4n) is 4.19. The molecular weight excluding hydrogens is 412 g/mol. The lowest BCUT2D eigenvalue weighted by Crippen LogP contribution is -2.27. The van der Waals surface area contributed by atoms with Crippen LogP contribution in [0.1, 0.15) is 0 Å². The molecule has 2 aromatic heterocycles. The van der Waals surface area contributed by atoms with E-state index in [4.69, 9.17) is 16.3 Å². The van der Waals surface area contributed by atoms with Crippen LogP contribution < -0.4 is 10.3 Å². The van der Waals surface area contributed by atoms with Gasteiger partial charge >= 0.3 is 0 Å². The number of rotatable bonds is 7.